The first kappa shape index (κ1) is 10.5. The fraction of sp³-hybridized carbons (Fsp3) is 1.00. The maximum atomic E-state index is 3.73. The minimum absolute atomic E-state index is 0.802. The van der Waals surface area contributed by atoms with Crippen LogP contribution in [0.5, 0.6) is 0 Å². The van der Waals surface area contributed by atoms with Gasteiger partial charge in [0.25, 0.3) is 0 Å². The number of hydrogen-bond acceptors (Lipinski definition) is 1. The van der Waals surface area contributed by atoms with E-state index in [4.69, 9.17) is 0 Å². The van der Waals surface area contributed by atoms with Gasteiger partial charge in [-0.1, -0.05) is 33.1 Å². The Bertz CT molecular complexity index is 176. The molecular weight excluding hydrogens is 170 g/mol. The third-order valence-electron chi connectivity index (χ3n) is 4.10. The molecule has 1 N–H and O–H groups in total. The molecule has 0 aliphatic heterocycles. The van der Waals surface area contributed by atoms with Gasteiger partial charge in [-0.3, -0.25) is 0 Å². The molecule has 3 atom stereocenters. The molecule has 1 heteroatoms. The Balaban J connectivity index is 1.74. The van der Waals surface area contributed by atoms with Crippen molar-refractivity contribution in [2.75, 3.05) is 6.54 Å². The van der Waals surface area contributed by atoms with Crippen LogP contribution in [0, 0.1) is 17.8 Å². The fourth-order valence-electron chi connectivity index (χ4n) is 3.29. The van der Waals surface area contributed by atoms with Crippen molar-refractivity contribution in [3.05, 3.63) is 0 Å². The molecule has 3 unspecified atom stereocenters. The van der Waals surface area contributed by atoms with Crippen LogP contribution >= 0.6 is 0 Å². The highest BCUT2D eigenvalue weighted by atomic mass is 14.9. The monoisotopic (exact) mass is 195 g/mol. The Kier molecular flexibility index (Phi) is 3.48. The SMILES string of the molecule is CC(C)CNC1CCC2CCCC2C1. The Morgan fingerprint density at radius 3 is 2.64 bits per heavy atom. The van der Waals surface area contributed by atoms with Crippen LogP contribution in [0.3, 0.4) is 0 Å². The molecule has 0 spiro atoms. The zero-order chi connectivity index (χ0) is 9.97. The van der Waals surface area contributed by atoms with Crippen LogP contribution in [-0.2, 0) is 0 Å². The molecule has 2 aliphatic carbocycles. The maximum absolute atomic E-state index is 3.73. The minimum atomic E-state index is 0.802. The second kappa shape index (κ2) is 4.65. The molecule has 0 bridgehead atoms. The topological polar surface area (TPSA) is 12.0 Å². The average molecular weight is 195 g/mol. The van der Waals surface area contributed by atoms with Crippen LogP contribution in [0.2, 0.25) is 0 Å². The summed E-state index contributed by atoms with van der Waals surface area (Å²) >= 11 is 0. The van der Waals surface area contributed by atoms with Crippen molar-refractivity contribution in [3.8, 4) is 0 Å². The molecule has 1 nitrogen and oxygen atoms in total. The first-order valence-electron chi connectivity index (χ1n) is 6.49. The van der Waals surface area contributed by atoms with Crippen LogP contribution in [0.4, 0.5) is 0 Å². The molecule has 0 radical (unpaired) electrons. The average Bonchev–Trinajstić information content (AvgIpc) is 2.61. The van der Waals surface area contributed by atoms with Gasteiger partial charge in [0.15, 0.2) is 0 Å². The van der Waals surface area contributed by atoms with Gasteiger partial charge in [-0.15, -0.1) is 0 Å². The Morgan fingerprint density at radius 2 is 1.86 bits per heavy atom. The lowest BCUT2D eigenvalue weighted by molar-refractivity contribution is 0.223. The largest absolute Gasteiger partial charge is 0.314 e. The molecule has 82 valence electrons. The van der Waals surface area contributed by atoms with Gasteiger partial charge in [0.2, 0.25) is 0 Å². The van der Waals surface area contributed by atoms with Gasteiger partial charge < -0.3 is 5.32 Å². The van der Waals surface area contributed by atoms with E-state index in [0.29, 0.717) is 0 Å². The van der Waals surface area contributed by atoms with E-state index in [1.807, 2.05) is 0 Å². The first-order valence-corrected chi connectivity index (χ1v) is 6.49. The summed E-state index contributed by atoms with van der Waals surface area (Å²) in [7, 11) is 0. The van der Waals surface area contributed by atoms with Crippen molar-refractivity contribution >= 4 is 0 Å². The van der Waals surface area contributed by atoms with Gasteiger partial charge in [-0.2, -0.15) is 0 Å². The van der Waals surface area contributed by atoms with Gasteiger partial charge in [-0.05, 0) is 43.6 Å². The lowest BCUT2D eigenvalue weighted by Gasteiger charge is -2.32. The van der Waals surface area contributed by atoms with Crippen molar-refractivity contribution in [2.24, 2.45) is 17.8 Å². The van der Waals surface area contributed by atoms with Crippen molar-refractivity contribution in [1.29, 1.82) is 0 Å². The highest BCUT2D eigenvalue weighted by Gasteiger charge is 2.33. The summed E-state index contributed by atoms with van der Waals surface area (Å²) in [6.45, 7) is 5.81. The molecule has 0 saturated heterocycles. The summed E-state index contributed by atoms with van der Waals surface area (Å²) in [5.41, 5.74) is 0. The fourth-order valence-corrected chi connectivity index (χ4v) is 3.29. The molecule has 0 aromatic carbocycles. The summed E-state index contributed by atoms with van der Waals surface area (Å²) in [6.07, 6.45) is 8.96. The lowest BCUT2D eigenvalue weighted by atomic mass is 9.79. The Morgan fingerprint density at radius 1 is 1.07 bits per heavy atom. The smallest absolute Gasteiger partial charge is 0.00700 e. The molecule has 2 rings (SSSR count). The van der Waals surface area contributed by atoms with Crippen molar-refractivity contribution in [2.45, 2.75) is 58.4 Å². The molecule has 2 saturated carbocycles. The van der Waals surface area contributed by atoms with Gasteiger partial charge in [0, 0.05) is 6.04 Å². The molecule has 14 heavy (non-hydrogen) atoms. The highest BCUT2D eigenvalue weighted by Crippen LogP contribution is 2.41. The Labute approximate surface area is 88.7 Å². The van der Waals surface area contributed by atoms with Crippen molar-refractivity contribution in [1.82, 2.24) is 5.32 Å². The molecule has 0 aromatic heterocycles. The van der Waals surface area contributed by atoms with Gasteiger partial charge in [-0.25, -0.2) is 0 Å². The summed E-state index contributed by atoms with van der Waals surface area (Å²) in [6, 6.07) is 0.844. The predicted octanol–water partition coefficient (Wildman–Crippen LogP) is 3.20. The molecule has 0 heterocycles. The van der Waals surface area contributed by atoms with Crippen LogP contribution in [0.15, 0.2) is 0 Å². The number of rotatable bonds is 3. The number of nitrogens with one attached hydrogen (secondary N) is 1. The third kappa shape index (κ3) is 2.50. The highest BCUT2D eigenvalue weighted by molar-refractivity contribution is 4.87. The van der Waals surface area contributed by atoms with Crippen LogP contribution < -0.4 is 5.32 Å². The van der Waals surface area contributed by atoms with E-state index in [1.165, 1.54) is 45.1 Å². The van der Waals surface area contributed by atoms with Crippen molar-refractivity contribution in [3.63, 3.8) is 0 Å². The summed E-state index contributed by atoms with van der Waals surface area (Å²) in [5.74, 6) is 2.98. The van der Waals surface area contributed by atoms with Gasteiger partial charge in [0.1, 0.15) is 0 Å². The standard InChI is InChI=1S/C13H25N/c1-10(2)9-14-13-7-6-11-4-3-5-12(11)8-13/h10-14H,3-9H2,1-2H3. The zero-order valence-electron chi connectivity index (χ0n) is 9.76. The zero-order valence-corrected chi connectivity index (χ0v) is 9.76. The molecular formula is C13H25N. The van der Waals surface area contributed by atoms with E-state index in [9.17, 15) is 0 Å². The number of fused-ring (bicyclic) bond motifs is 1. The molecule has 0 amide bonds. The summed E-state index contributed by atoms with van der Waals surface area (Å²) in [4.78, 5) is 0. The van der Waals surface area contributed by atoms with Gasteiger partial charge >= 0.3 is 0 Å². The second-order valence-corrected chi connectivity index (χ2v) is 5.76. The molecule has 2 fully saturated rings. The normalized spacial score (nSPS) is 37.5. The first-order chi connectivity index (χ1) is 6.75. The summed E-state index contributed by atoms with van der Waals surface area (Å²) < 4.78 is 0. The Hall–Kier alpha value is -0.0400. The second-order valence-electron chi connectivity index (χ2n) is 5.76. The van der Waals surface area contributed by atoms with Crippen LogP contribution in [-0.4, -0.2) is 12.6 Å². The molecule has 0 aromatic rings. The van der Waals surface area contributed by atoms with E-state index >= 15 is 0 Å². The maximum Gasteiger partial charge on any atom is 0.00700 e. The van der Waals surface area contributed by atoms with E-state index in [1.54, 1.807) is 0 Å². The van der Waals surface area contributed by atoms with Crippen LogP contribution in [0.1, 0.15) is 52.4 Å². The van der Waals surface area contributed by atoms with E-state index in [0.717, 1.165) is 23.8 Å². The molecule has 2 aliphatic rings. The van der Waals surface area contributed by atoms with E-state index in [-0.39, 0.29) is 0 Å². The van der Waals surface area contributed by atoms with E-state index < -0.39 is 0 Å². The minimum Gasteiger partial charge on any atom is -0.314 e. The van der Waals surface area contributed by atoms with Crippen LogP contribution in [0.25, 0.3) is 0 Å². The quantitative estimate of drug-likeness (QED) is 0.729. The number of hydrogen-bond donors (Lipinski definition) is 1. The lowest BCUT2D eigenvalue weighted by Crippen LogP contribution is -2.37. The van der Waals surface area contributed by atoms with Gasteiger partial charge in [0.05, 0.1) is 0 Å². The van der Waals surface area contributed by atoms with Crippen molar-refractivity contribution < 1.29 is 0 Å². The predicted molar refractivity (Wildman–Crippen MR) is 61.3 cm³/mol. The van der Waals surface area contributed by atoms with E-state index in [2.05, 4.69) is 19.2 Å². The summed E-state index contributed by atoms with van der Waals surface area (Å²) in [5, 5.41) is 3.73. The third-order valence-corrected chi connectivity index (χ3v) is 4.10.